The van der Waals surface area contributed by atoms with E-state index in [-0.39, 0.29) is 5.75 Å². The Morgan fingerprint density at radius 2 is 1.67 bits per heavy atom. The van der Waals surface area contributed by atoms with E-state index in [2.05, 4.69) is 32.4 Å². The monoisotopic (exact) mass is 394 g/mol. The van der Waals surface area contributed by atoms with Crippen molar-refractivity contribution in [1.29, 1.82) is 0 Å². The molecule has 0 N–H and O–H groups in total. The summed E-state index contributed by atoms with van der Waals surface area (Å²) >= 11 is 1.41. The van der Waals surface area contributed by atoms with Crippen molar-refractivity contribution in [3.63, 3.8) is 0 Å². The highest BCUT2D eigenvalue weighted by Gasteiger charge is 2.30. The molecule has 5 nitrogen and oxygen atoms in total. The Morgan fingerprint density at radius 3 is 2.26 bits per heavy atom. The van der Waals surface area contributed by atoms with Crippen LogP contribution in [0.5, 0.6) is 5.75 Å². The van der Waals surface area contributed by atoms with Crippen LogP contribution < -0.4 is 4.74 Å². The molecule has 3 aromatic rings. The van der Waals surface area contributed by atoms with Gasteiger partial charge in [-0.3, -0.25) is 0 Å². The molecule has 0 aliphatic rings. The molecule has 0 aliphatic heterocycles. The molecule has 0 atom stereocenters. The Kier molecular flexibility index (Phi) is 5.41. The lowest BCUT2D eigenvalue weighted by Crippen LogP contribution is -2.16. The average Bonchev–Trinajstić information content (AvgIpc) is 3.00. The molecule has 142 valence electrons. The maximum atomic E-state index is 12.2. The van der Waals surface area contributed by atoms with Gasteiger partial charge in [0, 0.05) is 5.75 Å². The molecule has 1 heterocycles. The van der Waals surface area contributed by atoms with Crippen LogP contribution in [0.25, 0.3) is 5.69 Å². The summed E-state index contributed by atoms with van der Waals surface area (Å²) in [4.78, 5) is 0. The predicted molar refractivity (Wildman–Crippen MR) is 96.1 cm³/mol. The molecule has 0 radical (unpaired) electrons. The Hall–Kier alpha value is -2.55. The molecule has 27 heavy (non-hydrogen) atoms. The van der Waals surface area contributed by atoms with E-state index in [0.29, 0.717) is 10.9 Å². The third kappa shape index (κ3) is 4.79. The molecule has 0 amide bonds. The van der Waals surface area contributed by atoms with E-state index in [1.165, 1.54) is 23.9 Å². The SMILES string of the molecule is Cc1cc(C)c(-n2nnnc2SCc2ccc(OC(F)(F)F)cc2)c(C)c1. The standard InChI is InChI=1S/C18H17F3N4OS/c1-11-8-12(2)16(13(3)9-11)25-17(22-23-24-25)27-10-14-4-6-15(7-5-14)26-18(19,20)21/h4-9H,10H2,1-3H3. The number of halogens is 3. The maximum absolute atomic E-state index is 12.2. The highest BCUT2D eigenvalue weighted by Crippen LogP contribution is 2.28. The van der Waals surface area contributed by atoms with Crippen LogP contribution in [0.2, 0.25) is 0 Å². The average molecular weight is 394 g/mol. The van der Waals surface area contributed by atoms with Crippen LogP contribution >= 0.6 is 11.8 Å². The van der Waals surface area contributed by atoms with Gasteiger partial charge in [-0.15, -0.1) is 18.3 Å². The number of aromatic nitrogens is 4. The lowest BCUT2D eigenvalue weighted by atomic mass is 10.1. The fraction of sp³-hybridized carbons (Fsp3) is 0.278. The highest BCUT2D eigenvalue weighted by atomic mass is 32.2. The van der Waals surface area contributed by atoms with Gasteiger partial charge in [-0.05, 0) is 60.0 Å². The molecule has 0 unspecified atom stereocenters. The van der Waals surface area contributed by atoms with Gasteiger partial charge < -0.3 is 4.74 Å². The first-order valence-electron chi connectivity index (χ1n) is 8.07. The van der Waals surface area contributed by atoms with Crippen molar-refractivity contribution in [1.82, 2.24) is 20.2 Å². The number of benzene rings is 2. The third-order valence-electron chi connectivity index (χ3n) is 3.81. The van der Waals surface area contributed by atoms with Crippen molar-refractivity contribution in [3.05, 3.63) is 58.7 Å². The summed E-state index contributed by atoms with van der Waals surface area (Å²) in [6, 6.07) is 9.89. The smallest absolute Gasteiger partial charge is 0.406 e. The fourth-order valence-corrected chi connectivity index (χ4v) is 3.68. The molecule has 0 saturated carbocycles. The second-order valence-electron chi connectivity index (χ2n) is 6.10. The zero-order valence-electron chi connectivity index (χ0n) is 14.9. The van der Waals surface area contributed by atoms with Crippen molar-refractivity contribution in [2.45, 2.75) is 38.0 Å². The number of tetrazole rings is 1. The number of rotatable bonds is 5. The molecule has 0 spiro atoms. The van der Waals surface area contributed by atoms with Gasteiger partial charge in [0.25, 0.3) is 0 Å². The predicted octanol–water partition coefficient (Wildman–Crippen LogP) is 4.78. The van der Waals surface area contributed by atoms with Crippen LogP contribution in [0, 0.1) is 20.8 Å². The van der Waals surface area contributed by atoms with Crippen molar-refractivity contribution >= 4 is 11.8 Å². The summed E-state index contributed by atoms with van der Waals surface area (Å²) in [5.41, 5.74) is 5.06. The summed E-state index contributed by atoms with van der Waals surface area (Å²) in [6.45, 7) is 6.04. The number of hydrogen-bond acceptors (Lipinski definition) is 5. The van der Waals surface area contributed by atoms with E-state index in [4.69, 9.17) is 0 Å². The van der Waals surface area contributed by atoms with Crippen molar-refractivity contribution in [3.8, 4) is 11.4 Å². The van der Waals surface area contributed by atoms with Gasteiger partial charge in [0.05, 0.1) is 5.69 Å². The highest BCUT2D eigenvalue weighted by molar-refractivity contribution is 7.98. The van der Waals surface area contributed by atoms with Gasteiger partial charge in [0.15, 0.2) is 0 Å². The number of aryl methyl sites for hydroxylation is 3. The molecule has 0 bridgehead atoms. The minimum atomic E-state index is -4.69. The van der Waals surface area contributed by atoms with E-state index in [1.54, 1.807) is 16.8 Å². The molecular weight excluding hydrogens is 377 g/mol. The Bertz CT molecular complexity index is 916. The van der Waals surface area contributed by atoms with Crippen LogP contribution in [0.1, 0.15) is 22.3 Å². The molecule has 9 heteroatoms. The van der Waals surface area contributed by atoms with Crippen molar-refractivity contribution in [2.75, 3.05) is 0 Å². The van der Waals surface area contributed by atoms with Gasteiger partial charge in [-0.25, -0.2) is 0 Å². The van der Waals surface area contributed by atoms with E-state index < -0.39 is 6.36 Å². The van der Waals surface area contributed by atoms with Crippen LogP contribution in [0.3, 0.4) is 0 Å². The second-order valence-corrected chi connectivity index (χ2v) is 7.04. The summed E-state index contributed by atoms with van der Waals surface area (Å²) < 4.78 is 42.2. The van der Waals surface area contributed by atoms with E-state index in [9.17, 15) is 13.2 Å². The largest absolute Gasteiger partial charge is 0.573 e. The topological polar surface area (TPSA) is 52.8 Å². The first kappa shape index (κ1) is 19.2. The Morgan fingerprint density at radius 1 is 1.04 bits per heavy atom. The summed E-state index contributed by atoms with van der Waals surface area (Å²) in [6.07, 6.45) is -4.69. The van der Waals surface area contributed by atoms with Crippen molar-refractivity contribution in [2.24, 2.45) is 0 Å². The summed E-state index contributed by atoms with van der Waals surface area (Å²) in [5, 5.41) is 12.5. The summed E-state index contributed by atoms with van der Waals surface area (Å²) in [5.74, 6) is 0.267. The van der Waals surface area contributed by atoms with Crippen LogP contribution in [-0.4, -0.2) is 26.6 Å². The molecular formula is C18H17F3N4OS. The minimum absolute atomic E-state index is 0.244. The van der Waals surface area contributed by atoms with Crippen LogP contribution in [0.4, 0.5) is 13.2 Å². The number of hydrogen-bond donors (Lipinski definition) is 0. The van der Waals surface area contributed by atoms with Gasteiger partial charge in [0.2, 0.25) is 5.16 Å². The number of thioether (sulfide) groups is 1. The normalized spacial score (nSPS) is 11.6. The molecule has 1 aromatic heterocycles. The van der Waals surface area contributed by atoms with E-state index >= 15 is 0 Å². The zero-order chi connectivity index (χ0) is 19.6. The number of nitrogens with zero attached hydrogens (tertiary/aromatic N) is 4. The second kappa shape index (κ2) is 7.59. The van der Waals surface area contributed by atoms with Crippen LogP contribution in [0.15, 0.2) is 41.6 Å². The Balaban J connectivity index is 1.75. The van der Waals surface area contributed by atoms with E-state index in [1.807, 2.05) is 20.8 Å². The zero-order valence-corrected chi connectivity index (χ0v) is 15.7. The minimum Gasteiger partial charge on any atom is -0.406 e. The molecule has 2 aromatic carbocycles. The van der Waals surface area contributed by atoms with Gasteiger partial charge in [-0.2, -0.15) is 4.68 Å². The first-order chi connectivity index (χ1) is 12.7. The molecule has 3 rings (SSSR count). The third-order valence-corrected chi connectivity index (χ3v) is 4.80. The molecule has 0 aliphatic carbocycles. The quantitative estimate of drug-likeness (QED) is 0.583. The maximum Gasteiger partial charge on any atom is 0.573 e. The molecule has 0 fully saturated rings. The van der Waals surface area contributed by atoms with Gasteiger partial charge >= 0.3 is 6.36 Å². The first-order valence-corrected chi connectivity index (χ1v) is 9.05. The van der Waals surface area contributed by atoms with Crippen molar-refractivity contribution < 1.29 is 17.9 Å². The lowest BCUT2D eigenvalue weighted by molar-refractivity contribution is -0.274. The number of alkyl halides is 3. The van der Waals surface area contributed by atoms with Gasteiger partial charge in [0.1, 0.15) is 5.75 Å². The van der Waals surface area contributed by atoms with Gasteiger partial charge in [-0.1, -0.05) is 41.6 Å². The van der Waals surface area contributed by atoms with Crippen LogP contribution in [-0.2, 0) is 5.75 Å². The fourth-order valence-electron chi connectivity index (χ4n) is 2.85. The number of ether oxygens (including phenoxy) is 1. The lowest BCUT2D eigenvalue weighted by Gasteiger charge is -2.12. The Labute approximate surface area is 158 Å². The van der Waals surface area contributed by atoms with E-state index in [0.717, 1.165) is 27.9 Å². The summed E-state index contributed by atoms with van der Waals surface area (Å²) in [7, 11) is 0. The molecule has 0 saturated heterocycles.